The standard InChI is InChI=1S/C15H24N4/c1-4-5-6-7-8-12(3)19-14-13(18-15(19)16)9-11(2)10-17-14/h9-10,12H,4-8H2,1-3H3,(H2,16,18). The summed E-state index contributed by atoms with van der Waals surface area (Å²) >= 11 is 0. The van der Waals surface area contributed by atoms with E-state index in [9.17, 15) is 0 Å². The summed E-state index contributed by atoms with van der Waals surface area (Å²) in [5.74, 6) is 0.580. The van der Waals surface area contributed by atoms with Crippen molar-refractivity contribution in [2.75, 3.05) is 5.73 Å². The van der Waals surface area contributed by atoms with E-state index in [0.717, 1.165) is 23.1 Å². The van der Waals surface area contributed by atoms with E-state index in [0.29, 0.717) is 12.0 Å². The van der Waals surface area contributed by atoms with Crippen molar-refractivity contribution in [3.8, 4) is 0 Å². The van der Waals surface area contributed by atoms with Crippen molar-refractivity contribution < 1.29 is 0 Å². The van der Waals surface area contributed by atoms with Crippen molar-refractivity contribution in [1.82, 2.24) is 14.5 Å². The Labute approximate surface area is 115 Å². The van der Waals surface area contributed by atoms with Gasteiger partial charge in [0.25, 0.3) is 0 Å². The number of fused-ring (bicyclic) bond motifs is 1. The van der Waals surface area contributed by atoms with E-state index >= 15 is 0 Å². The summed E-state index contributed by atoms with van der Waals surface area (Å²) in [5, 5.41) is 0. The SMILES string of the molecule is CCCCCCC(C)n1c(N)nc2cc(C)cnc21. The molecule has 0 saturated heterocycles. The van der Waals surface area contributed by atoms with E-state index in [1.54, 1.807) is 0 Å². The van der Waals surface area contributed by atoms with Crippen molar-refractivity contribution >= 4 is 17.1 Å². The lowest BCUT2D eigenvalue weighted by atomic mass is 10.1. The van der Waals surface area contributed by atoms with E-state index in [2.05, 4.69) is 28.4 Å². The van der Waals surface area contributed by atoms with Gasteiger partial charge in [0.2, 0.25) is 5.95 Å². The molecule has 0 aromatic carbocycles. The summed E-state index contributed by atoms with van der Waals surface area (Å²) in [6.07, 6.45) is 8.12. The van der Waals surface area contributed by atoms with Gasteiger partial charge in [0.05, 0.1) is 0 Å². The Morgan fingerprint density at radius 3 is 2.84 bits per heavy atom. The molecule has 0 amide bonds. The normalized spacial score (nSPS) is 13.0. The monoisotopic (exact) mass is 260 g/mol. The molecule has 0 saturated carbocycles. The maximum Gasteiger partial charge on any atom is 0.202 e. The van der Waals surface area contributed by atoms with Gasteiger partial charge in [0, 0.05) is 12.2 Å². The Hall–Kier alpha value is -1.58. The first-order valence-electron chi connectivity index (χ1n) is 7.23. The summed E-state index contributed by atoms with van der Waals surface area (Å²) in [6.45, 7) is 6.46. The lowest BCUT2D eigenvalue weighted by molar-refractivity contribution is 0.484. The zero-order valence-corrected chi connectivity index (χ0v) is 12.2. The number of aryl methyl sites for hydroxylation is 1. The van der Waals surface area contributed by atoms with Crippen LogP contribution in [-0.4, -0.2) is 14.5 Å². The number of anilines is 1. The number of pyridine rings is 1. The number of hydrogen-bond acceptors (Lipinski definition) is 3. The maximum absolute atomic E-state index is 6.05. The molecule has 0 aliphatic carbocycles. The number of hydrogen-bond donors (Lipinski definition) is 1. The highest BCUT2D eigenvalue weighted by molar-refractivity contribution is 5.74. The van der Waals surface area contributed by atoms with Crippen molar-refractivity contribution in [2.45, 2.75) is 58.9 Å². The second kappa shape index (κ2) is 6.04. The first-order chi connectivity index (χ1) is 9.13. The van der Waals surface area contributed by atoms with Gasteiger partial charge in [-0.1, -0.05) is 32.6 Å². The summed E-state index contributed by atoms with van der Waals surface area (Å²) in [5.41, 5.74) is 8.97. The van der Waals surface area contributed by atoms with Crippen LogP contribution in [0.3, 0.4) is 0 Å². The molecule has 2 N–H and O–H groups in total. The summed E-state index contributed by atoms with van der Waals surface area (Å²) < 4.78 is 2.07. The van der Waals surface area contributed by atoms with Crippen LogP contribution in [0.1, 0.15) is 57.6 Å². The Kier molecular flexibility index (Phi) is 4.40. The number of rotatable bonds is 6. The second-order valence-electron chi connectivity index (χ2n) is 5.39. The van der Waals surface area contributed by atoms with Gasteiger partial charge in [0.1, 0.15) is 5.52 Å². The maximum atomic E-state index is 6.05. The molecule has 2 heterocycles. The first-order valence-corrected chi connectivity index (χ1v) is 7.23. The van der Waals surface area contributed by atoms with Crippen LogP contribution in [0.5, 0.6) is 0 Å². The third-order valence-electron chi connectivity index (χ3n) is 3.61. The Morgan fingerprint density at radius 1 is 1.32 bits per heavy atom. The molecular weight excluding hydrogens is 236 g/mol. The summed E-state index contributed by atoms with van der Waals surface area (Å²) in [6, 6.07) is 2.40. The van der Waals surface area contributed by atoms with Crippen molar-refractivity contribution in [3.05, 3.63) is 17.8 Å². The summed E-state index contributed by atoms with van der Waals surface area (Å²) in [4.78, 5) is 8.91. The molecule has 0 fully saturated rings. The van der Waals surface area contributed by atoms with Crippen LogP contribution in [-0.2, 0) is 0 Å². The molecule has 4 heteroatoms. The van der Waals surface area contributed by atoms with Crippen LogP contribution >= 0.6 is 0 Å². The van der Waals surface area contributed by atoms with E-state index < -0.39 is 0 Å². The fourth-order valence-electron chi connectivity index (χ4n) is 2.53. The van der Waals surface area contributed by atoms with Gasteiger partial charge in [-0.25, -0.2) is 9.97 Å². The molecule has 19 heavy (non-hydrogen) atoms. The zero-order valence-electron chi connectivity index (χ0n) is 12.2. The predicted octanol–water partition coefficient (Wildman–Crippen LogP) is 3.85. The topological polar surface area (TPSA) is 56.7 Å². The predicted molar refractivity (Wildman–Crippen MR) is 80.1 cm³/mol. The fraction of sp³-hybridized carbons (Fsp3) is 0.600. The molecule has 0 radical (unpaired) electrons. The number of unbranched alkanes of at least 4 members (excludes halogenated alkanes) is 3. The lowest BCUT2D eigenvalue weighted by Crippen LogP contribution is -2.09. The average molecular weight is 260 g/mol. The van der Waals surface area contributed by atoms with Gasteiger partial charge >= 0.3 is 0 Å². The lowest BCUT2D eigenvalue weighted by Gasteiger charge is -2.15. The Bertz CT molecular complexity index is 544. The van der Waals surface area contributed by atoms with Crippen LogP contribution in [0, 0.1) is 6.92 Å². The molecule has 2 aromatic heterocycles. The number of aromatic nitrogens is 3. The molecule has 2 aromatic rings. The van der Waals surface area contributed by atoms with Gasteiger partial charge in [-0.2, -0.15) is 0 Å². The average Bonchev–Trinajstić information content (AvgIpc) is 2.69. The minimum atomic E-state index is 0.358. The van der Waals surface area contributed by atoms with Gasteiger partial charge in [-0.15, -0.1) is 0 Å². The zero-order chi connectivity index (χ0) is 13.8. The fourth-order valence-corrected chi connectivity index (χ4v) is 2.53. The smallest absolute Gasteiger partial charge is 0.202 e. The highest BCUT2D eigenvalue weighted by atomic mass is 15.2. The molecule has 0 aliphatic heterocycles. The highest BCUT2D eigenvalue weighted by Gasteiger charge is 2.14. The molecule has 0 spiro atoms. The van der Waals surface area contributed by atoms with Crippen molar-refractivity contribution in [2.24, 2.45) is 0 Å². The van der Waals surface area contributed by atoms with Gasteiger partial charge in [0.15, 0.2) is 5.65 Å². The first kappa shape index (κ1) is 13.8. The van der Waals surface area contributed by atoms with Crippen LogP contribution in [0.25, 0.3) is 11.2 Å². The number of nitrogens with zero attached hydrogens (tertiary/aromatic N) is 3. The minimum Gasteiger partial charge on any atom is -0.369 e. The molecule has 1 atom stereocenters. The van der Waals surface area contributed by atoms with Crippen molar-refractivity contribution in [1.29, 1.82) is 0 Å². The molecule has 2 rings (SSSR count). The van der Waals surface area contributed by atoms with Gasteiger partial charge < -0.3 is 5.73 Å². The largest absolute Gasteiger partial charge is 0.369 e. The van der Waals surface area contributed by atoms with Crippen molar-refractivity contribution in [3.63, 3.8) is 0 Å². The highest BCUT2D eigenvalue weighted by Crippen LogP contribution is 2.25. The quantitative estimate of drug-likeness (QED) is 0.802. The van der Waals surface area contributed by atoms with E-state index in [-0.39, 0.29) is 0 Å². The summed E-state index contributed by atoms with van der Waals surface area (Å²) in [7, 11) is 0. The third kappa shape index (κ3) is 3.06. The third-order valence-corrected chi connectivity index (χ3v) is 3.61. The van der Waals surface area contributed by atoms with E-state index in [1.807, 2.05) is 19.2 Å². The molecular formula is C15H24N4. The van der Waals surface area contributed by atoms with Crippen LogP contribution < -0.4 is 5.73 Å². The Balaban J connectivity index is 2.16. The molecule has 0 aliphatic rings. The molecule has 104 valence electrons. The number of imidazole rings is 1. The Morgan fingerprint density at radius 2 is 2.11 bits per heavy atom. The van der Waals surface area contributed by atoms with E-state index in [1.165, 1.54) is 25.7 Å². The molecule has 4 nitrogen and oxygen atoms in total. The van der Waals surface area contributed by atoms with Gasteiger partial charge in [-0.3, -0.25) is 4.57 Å². The van der Waals surface area contributed by atoms with Gasteiger partial charge in [-0.05, 0) is 31.9 Å². The van der Waals surface area contributed by atoms with E-state index in [4.69, 9.17) is 5.73 Å². The van der Waals surface area contributed by atoms with Crippen LogP contribution in [0.15, 0.2) is 12.3 Å². The second-order valence-corrected chi connectivity index (χ2v) is 5.39. The molecule has 0 bridgehead atoms. The number of nitrogens with two attached hydrogens (primary N) is 1. The van der Waals surface area contributed by atoms with Crippen LogP contribution in [0.4, 0.5) is 5.95 Å². The van der Waals surface area contributed by atoms with Crippen LogP contribution in [0.2, 0.25) is 0 Å². The molecule has 1 unspecified atom stereocenters. The minimum absolute atomic E-state index is 0.358. The number of nitrogen functional groups attached to an aromatic ring is 1.